The maximum Gasteiger partial charge on any atom is 0.335 e. The maximum atomic E-state index is 12.7. The summed E-state index contributed by atoms with van der Waals surface area (Å²) in [6, 6.07) is 13.1. The van der Waals surface area contributed by atoms with Gasteiger partial charge >= 0.3 is 5.97 Å². The van der Waals surface area contributed by atoms with Crippen LogP contribution in [0, 0.1) is 13.8 Å². The molecule has 1 heterocycles. The largest absolute Gasteiger partial charge is 0.478 e. The van der Waals surface area contributed by atoms with Crippen LogP contribution in [0.1, 0.15) is 50.4 Å². The lowest BCUT2D eigenvalue weighted by Gasteiger charge is -2.38. The monoisotopic (exact) mass is 366 g/mol. The minimum atomic E-state index is -0.983. The first-order valence-electron chi connectivity index (χ1n) is 9.30. The van der Waals surface area contributed by atoms with E-state index in [4.69, 9.17) is 5.11 Å². The number of aryl methyl sites for hydroxylation is 2. The van der Waals surface area contributed by atoms with E-state index < -0.39 is 5.97 Å². The lowest BCUT2D eigenvalue weighted by atomic mass is 10.0. The smallest absolute Gasteiger partial charge is 0.335 e. The summed E-state index contributed by atoms with van der Waals surface area (Å²) in [4.78, 5) is 27.9. The molecule has 1 atom stereocenters. The predicted octanol–water partition coefficient (Wildman–Crippen LogP) is 3.52. The summed E-state index contributed by atoms with van der Waals surface area (Å²) in [5.74, 6) is -1.02. The first kappa shape index (κ1) is 19.1. The lowest BCUT2D eigenvalue weighted by molar-refractivity contribution is 0.0581. The van der Waals surface area contributed by atoms with Crippen molar-refractivity contribution in [2.24, 2.45) is 0 Å². The average molecular weight is 366 g/mol. The molecule has 5 nitrogen and oxygen atoms in total. The van der Waals surface area contributed by atoms with E-state index in [0.29, 0.717) is 24.7 Å². The molecule has 1 unspecified atom stereocenters. The van der Waals surface area contributed by atoms with Crippen molar-refractivity contribution < 1.29 is 14.7 Å². The molecule has 0 bridgehead atoms. The van der Waals surface area contributed by atoms with E-state index in [0.717, 1.165) is 13.1 Å². The van der Waals surface area contributed by atoms with E-state index in [2.05, 4.69) is 43.9 Å². The second-order valence-corrected chi connectivity index (χ2v) is 7.23. The fourth-order valence-corrected chi connectivity index (χ4v) is 3.49. The van der Waals surface area contributed by atoms with Gasteiger partial charge < -0.3 is 10.0 Å². The third-order valence-electron chi connectivity index (χ3n) is 5.54. The van der Waals surface area contributed by atoms with Crippen molar-refractivity contribution in [1.82, 2.24) is 9.80 Å². The van der Waals surface area contributed by atoms with Gasteiger partial charge in [0.2, 0.25) is 0 Å². The summed E-state index contributed by atoms with van der Waals surface area (Å²) in [5.41, 5.74) is 4.64. The molecule has 2 aromatic rings. The number of rotatable bonds is 4. The summed E-state index contributed by atoms with van der Waals surface area (Å²) in [6.07, 6.45) is 0. The number of carboxylic acids is 1. The standard InChI is InChI=1S/C22H26N2O3/c1-15-4-5-20(14-16(15)2)17(3)23-10-12-24(13-11-23)21(25)18-6-8-19(9-7-18)22(26)27/h4-9,14,17H,10-13H2,1-3H3,(H,26,27). The van der Waals surface area contributed by atoms with Gasteiger partial charge in [-0.25, -0.2) is 4.79 Å². The minimum absolute atomic E-state index is 0.0366. The molecule has 1 saturated heterocycles. The van der Waals surface area contributed by atoms with Crippen LogP contribution in [0.15, 0.2) is 42.5 Å². The Kier molecular flexibility index (Phi) is 5.61. The highest BCUT2D eigenvalue weighted by molar-refractivity contribution is 5.96. The van der Waals surface area contributed by atoms with E-state index in [9.17, 15) is 9.59 Å². The number of benzene rings is 2. The third-order valence-corrected chi connectivity index (χ3v) is 5.54. The van der Waals surface area contributed by atoms with Crippen molar-refractivity contribution >= 4 is 11.9 Å². The van der Waals surface area contributed by atoms with Crippen molar-refractivity contribution in [3.05, 3.63) is 70.3 Å². The molecule has 0 saturated carbocycles. The fourth-order valence-electron chi connectivity index (χ4n) is 3.49. The van der Waals surface area contributed by atoms with Gasteiger partial charge in [0.25, 0.3) is 5.91 Å². The van der Waals surface area contributed by atoms with E-state index in [-0.39, 0.29) is 11.5 Å². The molecular formula is C22H26N2O3. The first-order chi connectivity index (χ1) is 12.9. The van der Waals surface area contributed by atoms with E-state index in [1.54, 1.807) is 12.1 Å². The summed E-state index contributed by atoms with van der Waals surface area (Å²) < 4.78 is 0. The van der Waals surface area contributed by atoms with Gasteiger partial charge in [0, 0.05) is 37.8 Å². The molecule has 142 valence electrons. The van der Waals surface area contributed by atoms with Gasteiger partial charge in [0.05, 0.1) is 5.56 Å². The zero-order valence-corrected chi connectivity index (χ0v) is 16.1. The Morgan fingerprint density at radius 3 is 2.04 bits per heavy atom. The summed E-state index contributed by atoms with van der Waals surface area (Å²) in [6.45, 7) is 9.48. The van der Waals surface area contributed by atoms with Crippen molar-refractivity contribution in [1.29, 1.82) is 0 Å². The Morgan fingerprint density at radius 2 is 1.48 bits per heavy atom. The van der Waals surface area contributed by atoms with Crippen LogP contribution >= 0.6 is 0 Å². The number of carbonyl (C=O) groups is 2. The van der Waals surface area contributed by atoms with Crippen LogP contribution in [0.25, 0.3) is 0 Å². The molecule has 0 aromatic heterocycles. The molecule has 1 aliphatic heterocycles. The summed E-state index contributed by atoms with van der Waals surface area (Å²) in [7, 11) is 0. The fraction of sp³-hybridized carbons (Fsp3) is 0.364. The van der Waals surface area contributed by atoms with Crippen LogP contribution in [-0.4, -0.2) is 53.0 Å². The minimum Gasteiger partial charge on any atom is -0.478 e. The molecular weight excluding hydrogens is 340 g/mol. The molecule has 2 aromatic carbocycles. The Morgan fingerprint density at radius 1 is 0.889 bits per heavy atom. The van der Waals surface area contributed by atoms with Crippen molar-refractivity contribution in [3.63, 3.8) is 0 Å². The Labute approximate surface area is 160 Å². The Bertz CT molecular complexity index is 837. The van der Waals surface area contributed by atoms with Gasteiger partial charge in [0.1, 0.15) is 0 Å². The van der Waals surface area contributed by atoms with E-state index >= 15 is 0 Å². The number of carbonyl (C=O) groups excluding carboxylic acids is 1. The average Bonchev–Trinajstić information content (AvgIpc) is 2.69. The second-order valence-electron chi connectivity index (χ2n) is 7.23. The first-order valence-corrected chi connectivity index (χ1v) is 9.30. The topological polar surface area (TPSA) is 60.9 Å². The van der Waals surface area contributed by atoms with Crippen LogP contribution in [0.2, 0.25) is 0 Å². The second kappa shape index (κ2) is 7.92. The van der Waals surface area contributed by atoms with Crippen molar-refractivity contribution in [2.75, 3.05) is 26.2 Å². The highest BCUT2D eigenvalue weighted by atomic mass is 16.4. The van der Waals surface area contributed by atoms with Gasteiger partial charge in [0.15, 0.2) is 0 Å². The highest BCUT2D eigenvalue weighted by Gasteiger charge is 2.25. The molecule has 0 spiro atoms. The molecule has 1 fully saturated rings. The number of aromatic carboxylic acids is 1. The van der Waals surface area contributed by atoms with Gasteiger partial charge in [-0.2, -0.15) is 0 Å². The SMILES string of the molecule is Cc1ccc(C(C)N2CCN(C(=O)c3ccc(C(=O)O)cc3)CC2)cc1C. The van der Waals surface area contributed by atoms with Crippen LogP contribution in [0.5, 0.6) is 0 Å². The quantitative estimate of drug-likeness (QED) is 0.899. The normalized spacial score (nSPS) is 16.2. The molecule has 5 heteroatoms. The zero-order chi connectivity index (χ0) is 19.6. The van der Waals surface area contributed by atoms with Crippen LogP contribution in [-0.2, 0) is 0 Å². The lowest BCUT2D eigenvalue weighted by Crippen LogP contribution is -2.49. The maximum absolute atomic E-state index is 12.7. The van der Waals surface area contributed by atoms with Gasteiger partial charge in [-0.05, 0) is 61.7 Å². The number of amides is 1. The molecule has 0 aliphatic carbocycles. The number of nitrogens with zero attached hydrogens (tertiary/aromatic N) is 2. The van der Waals surface area contributed by atoms with Crippen LogP contribution in [0.4, 0.5) is 0 Å². The molecule has 0 radical (unpaired) electrons. The molecule has 1 amide bonds. The number of piperazine rings is 1. The van der Waals surface area contributed by atoms with E-state index in [1.807, 2.05) is 4.90 Å². The Hall–Kier alpha value is -2.66. The van der Waals surface area contributed by atoms with Gasteiger partial charge in [-0.3, -0.25) is 9.69 Å². The summed E-state index contributed by atoms with van der Waals surface area (Å²) >= 11 is 0. The highest BCUT2D eigenvalue weighted by Crippen LogP contribution is 2.24. The third kappa shape index (κ3) is 4.19. The van der Waals surface area contributed by atoms with Crippen molar-refractivity contribution in [2.45, 2.75) is 26.8 Å². The molecule has 3 rings (SSSR count). The van der Waals surface area contributed by atoms with Crippen LogP contribution in [0.3, 0.4) is 0 Å². The number of hydrogen-bond donors (Lipinski definition) is 1. The Balaban J connectivity index is 1.61. The molecule has 1 N–H and O–H groups in total. The van der Waals surface area contributed by atoms with Crippen molar-refractivity contribution in [3.8, 4) is 0 Å². The predicted molar refractivity (Wildman–Crippen MR) is 105 cm³/mol. The molecule has 1 aliphatic rings. The van der Waals surface area contributed by atoms with Gasteiger partial charge in [-0.15, -0.1) is 0 Å². The number of carboxylic acid groups (broad SMARTS) is 1. The summed E-state index contributed by atoms with van der Waals surface area (Å²) in [5, 5.41) is 8.97. The zero-order valence-electron chi connectivity index (χ0n) is 16.1. The van der Waals surface area contributed by atoms with E-state index in [1.165, 1.54) is 28.8 Å². The van der Waals surface area contributed by atoms with Crippen LogP contribution < -0.4 is 0 Å². The van der Waals surface area contributed by atoms with Gasteiger partial charge in [-0.1, -0.05) is 18.2 Å². The molecule has 27 heavy (non-hydrogen) atoms. The number of hydrogen-bond acceptors (Lipinski definition) is 3.